The molecule has 0 bridgehead atoms. The van der Waals surface area contributed by atoms with Crippen LogP contribution in [0.2, 0.25) is 0 Å². The lowest BCUT2D eigenvalue weighted by Crippen LogP contribution is -2.51. The summed E-state index contributed by atoms with van der Waals surface area (Å²) in [5, 5.41) is 8.89. The first kappa shape index (κ1) is 23.1. The monoisotopic (exact) mass is 469 g/mol. The third kappa shape index (κ3) is 4.65. The highest BCUT2D eigenvalue weighted by atomic mass is 16.6. The van der Waals surface area contributed by atoms with Gasteiger partial charge in [0.1, 0.15) is 11.6 Å². The highest BCUT2D eigenvalue weighted by molar-refractivity contribution is 6.07. The molecule has 5 rings (SSSR count). The molecule has 3 fully saturated rings. The molecule has 34 heavy (non-hydrogen) atoms. The number of nitrogens with one attached hydrogen (secondary N) is 3. The molecule has 1 saturated heterocycles. The molecule has 0 aromatic heterocycles. The summed E-state index contributed by atoms with van der Waals surface area (Å²) in [4.78, 5) is 38.9. The fourth-order valence-corrected chi connectivity index (χ4v) is 5.61. The lowest BCUT2D eigenvalue weighted by Gasteiger charge is -2.31. The summed E-state index contributed by atoms with van der Waals surface area (Å²) in [6.07, 6.45) is 5.12. The standard InChI is InChI=1S/C26H35N3O5/c1-25(2,3)34-24(32)29-21(20(15-4-5-15)16-6-7-16)22(30)27-17-8-9-18-19(14-17)28-23(31)26(18)10-12-33-13-11-26/h8-9,14-16,20-21H,4-7,10-13H2,1-3H3,(H,27,30)(H,28,31)(H,29,32)/t21-/m0/s1. The van der Waals surface area contributed by atoms with E-state index in [1.165, 1.54) is 0 Å². The lowest BCUT2D eigenvalue weighted by atomic mass is 9.75. The summed E-state index contributed by atoms with van der Waals surface area (Å²) >= 11 is 0. The van der Waals surface area contributed by atoms with Crippen molar-refractivity contribution in [2.24, 2.45) is 17.8 Å². The summed E-state index contributed by atoms with van der Waals surface area (Å²) < 4.78 is 10.9. The Morgan fingerprint density at radius 2 is 1.76 bits per heavy atom. The van der Waals surface area contributed by atoms with E-state index in [0.29, 0.717) is 43.6 Å². The van der Waals surface area contributed by atoms with Gasteiger partial charge in [-0.05, 0) is 94.7 Å². The maximum Gasteiger partial charge on any atom is 0.408 e. The summed E-state index contributed by atoms with van der Waals surface area (Å²) in [6.45, 7) is 6.56. The molecule has 3 N–H and O–H groups in total. The smallest absolute Gasteiger partial charge is 0.408 e. The average Bonchev–Trinajstić information content (AvgIpc) is 3.68. The minimum atomic E-state index is -0.653. The molecular formula is C26H35N3O5. The van der Waals surface area contributed by atoms with Crippen molar-refractivity contribution in [2.75, 3.05) is 23.8 Å². The Balaban J connectivity index is 1.35. The Bertz CT molecular complexity index is 975. The average molecular weight is 470 g/mol. The van der Waals surface area contributed by atoms with E-state index in [9.17, 15) is 14.4 Å². The molecule has 8 heteroatoms. The Hall–Kier alpha value is -2.61. The number of hydrogen-bond donors (Lipinski definition) is 3. The molecule has 3 amide bonds. The van der Waals surface area contributed by atoms with Gasteiger partial charge < -0.3 is 25.4 Å². The van der Waals surface area contributed by atoms with Crippen LogP contribution >= 0.6 is 0 Å². The Kier molecular flexibility index (Phi) is 5.82. The highest BCUT2D eigenvalue weighted by Gasteiger charge is 2.49. The molecule has 2 aliphatic carbocycles. The van der Waals surface area contributed by atoms with E-state index in [4.69, 9.17) is 9.47 Å². The number of carbonyl (C=O) groups is 3. The molecule has 2 heterocycles. The topological polar surface area (TPSA) is 106 Å². The third-order valence-electron chi connectivity index (χ3n) is 7.50. The van der Waals surface area contributed by atoms with Crippen LogP contribution in [0.5, 0.6) is 0 Å². The van der Waals surface area contributed by atoms with Crippen molar-refractivity contribution in [3.8, 4) is 0 Å². The van der Waals surface area contributed by atoms with E-state index in [2.05, 4.69) is 16.0 Å². The molecule has 184 valence electrons. The van der Waals surface area contributed by atoms with Crippen LogP contribution in [0.4, 0.5) is 16.2 Å². The largest absolute Gasteiger partial charge is 0.444 e. The molecule has 0 radical (unpaired) electrons. The van der Waals surface area contributed by atoms with Crippen molar-refractivity contribution >= 4 is 29.3 Å². The Labute approximate surface area is 200 Å². The van der Waals surface area contributed by atoms with Crippen molar-refractivity contribution in [3.05, 3.63) is 23.8 Å². The van der Waals surface area contributed by atoms with Gasteiger partial charge in [-0.25, -0.2) is 4.79 Å². The number of amides is 3. The van der Waals surface area contributed by atoms with Gasteiger partial charge in [-0.1, -0.05) is 6.07 Å². The Morgan fingerprint density at radius 3 is 2.35 bits per heavy atom. The van der Waals surface area contributed by atoms with Gasteiger partial charge in [-0.2, -0.15) is 0 Å². The molecule has 2 saturated carbocycles. The molecule has 8 nitrogen and oxygen atoms in total. The summed E-state index contributed by atoms with van der Waals surface area (Å²) in [6, 6.07) is 4.95. The number of rotatable bonds is 6. The van der Waals surface area contributed by atoms with Crippen molar-refractivity contribution in [1.29, 1.82) is 0 Å². The van der Waals surface area contributed by atoms with Gasteiger partial charge in [0.05, 0.1) is 5.41 Å². The molecule has 1 atom stereocenters. The van der Waals surface area contributed by atoms with E-state index in [0.717, 1.165) is 36.9 Å². The highest BCUT2D eigenvalue weighted by Crippen LogP contribution is 2.51. The molecule has 1 aromatic rings. The number of carbonyl (C=O) groups excluding carboxylic acids is 3. The van der Waals surface area contributed by atoms with Gasteiger partial charge in [0.2, 0.25) is 11.8 Å². The van der Waals surface area contributed by atoms with Crippen LogP contribution in [0.3, 0.4) is 0 Å². The zero-order valence-corrected chi connectivity index (χ0v) is 20.2. The molecule has 4 aliphatic rings. The van der Waals surface area contributed by atoms with Gasteiger partial charge >= 0.3 is 6.09 Å². The summed E-state index contributed by atoms with van der Waals surface area (Å²) in [5.74, 6) is 0.810. The van der Waals surface area contributed by atoms with Gasteiger partial charge in [-0.15, -0.1) is 0 Å². The van der Waals surface area contributed by atoms with Crippen LogP contribution in [0.15, 0.2) is 18.2 Å². The maximum absolute atomic E-state index is 13.5. The van der Waals surface area contributed by atoms with Gasteiger partial charge in [0.25, 0.3) is 0 Å². The number of benzene rings is 1. The first-order valence-corrected chi connectivity index (χ1v) is 12.5. The predicted molar refractivity (Wildman–Crippen MR) is 128 cm³/mol. The first-order valence-electron chi connectivity index (χ1n) is 12.5. The van der Waals surface area contributed by atoms with E-state index in [1.807, 2.05) is 39.0 Å². The predicted octanol–water partition coefficient (Wildman–Crippen LogP) is 3.95. The lowest BCUT2D eigenvalue weighted by molar-refractivity contribution is -0.124. The van der Waals surface area contributed by atoms with Crippen molar-refractivity contribution in [1.82, 2.24) is 5.32 Å². The molecule has 0 unspecified atom stereocenters. The fraction of sp³-hybridized carbons (Fsp3) is 0.654. The van der Waals surface area contributed by atoms with Crippen LogP contribution in [-0.2, 0) is 24.5 Å². The van der Waals surface area contributed by atoms with E-state index >= 15 is 0 Å². The SMILES string of the molecule is CC(C)(C)OC(=O)N[C@H](C(=O)Nc1ccc2c(c1)NC(=O)C21CCOCC1)C(C1CC1)C1CC1. The molecule has 2 aliphatic heterocycles. The normalized spacial score (nSPS) is 22.2. The van der Waals surface area contributed by atoms with E-state index in [-0.39, 0.29) is 17.7 Å². The summed E-state index contributed by atoms with van der Waals surface area (Å²) in [5.41, 5.74) is 1.13. The van der Waals surface area contributed by atoms with Crippen molar-refractivity contribution < 1.29 is 23.9 Å². The van der Waals surface area contributed by atoms with Crippen molar-refractivity contribution in [3.63, 3.8) is 0 Å². The minimum absolute atomic E-state index is 0.00118. The fourth-order valence-electron chi connectivity index (χ4n) is 5.61. The number of fused-ring (bicyclic) bond motifs is 2. The van der Waals surface area contributed by atoms with Crippen LogP contribution in [0, 0.1) is 17.8 Å². The Morgan fingerprint density at radius 1 is 1.12 bits per heavy atom. The van der Waals surface area contributed by atoms with Gasteiger partial charge in [-0.3, -0.25) is 9.59 Å². The first-order chi connectivity index (χ1) is 16.2. The van der Waals surface area contributed by atoms with Gasteiger partial charge in [0.15, 0.2) is 0 Å². The van der Waals surface area contributed by atoms with Crippen LogP contribution < -0.4 is 16.0 Å². The number of alkyl carbamates (subject to hydrolysis) is 1. The second kappa shape index (κ2) is 8.56. The second-order valence-corrected chi connectivity index (χ2v) is 11.3. The van der Waals surface area contributed by atoms with Crippen LogP contribution in [0.25, 0.3) is 0 Å². The third-order valence-corrected chi connectivity index (χ3v) is 7.50. The molecule has 1 spiro atoms. The number of anilines is 2. The maximum atomic E-state index is 13.5. The minimum Gasteiger partial charge on any atom is -0.444 e. The molecular weight excluding hydrogens is 434 g/mol. The van der Waals surface area contributed by atoms with E-state index < -0.39 is 23.2 Å². The second-order valence-electron chi connectivity index (χ2n) is 11.3. The van der Waals surface area contributed by atoms with Crippen LogP contribution in [0.1, 0.15) is 64.9 Å². The van der Waals surface area contributed by atoms with Gasteiger partial charge in [0, 0.05) is 24.6 Å². The number of hydrogen-bond acceptors (Lipinski definition) is 5. The van der Waals surface area contributed by atoms with E-state index in [1.54, 1.807) is 0 Å². The quantitative estimate of drug-likeness (QED) is 0.585. The number of ether oxygens (including phenoxy) is 2. The zero-order valence-electron chi connectivity index (χ0n) is 20.2. The molecule has 1 aromatic carbocycles. The summed E-state index contributed by atoms with van der Waals surface area (Å²) in [7, 11) is 0. The zero-order chi connectivity index (χ0) is 24.1. The van der Waals surface area contributed by atoms with Crippen LogP contribution in [-0.4, -0.2) is 42.8 Å². The van der Waals surface area contributed by atoms with Crippen molar-refractivity contribution in [2.45, 2.75) is 76.4 Å².